The molecule has 0 radical (unpaired) electrons. The molecule has 2 aliphatic rings. The van der Waals surface area contributed by atoms with E-state index in [0.717, 1.165) is 19.3 Å². The minimum Gasteiger partial charge on any atom is -0.434 e. The molecule has 2 fully saturated rings. The minimum atomic E-state index is -1.11. The summed E-state index contributed by atoms with van der Waals surface area (Å²) in [5.41, 5.74) is 4.52. The number of ketones is 1. The fourth-order valence-electron chi connectivity index (χ4n) is 5.03. The number of rotatable bonds is 14. The summed E-state index contributed by atoms with van der Waals surface area (Å²) in [6, 6.07) is -4.07. The van der Waals surface area contributed by atoms with Gasteiger partial charge in [0.2, 0.25) is 17.6 Å². The van der Waals surface area contributed by atoms with E-state index >= 15 is 0 Å². The zero-order valence-electron chi connectivity index (χ0n) is 26.7. The van der Waals surface area contributed by atoms with E-state index < -0.39 is 65.3 Å². The first-order valence-electron chi connectivity index (χ1n) is 15.3. The summed E-state index contributed by atoms with van der Waals surface area (Å²) in [6.07, 6.45) is 3.31. The smallest absolute Gasteiger partial charge is 0.434 e. The van der Waals surface area contributed by atoms with Crippen LogP contribution in [0.5, 0.6) is 0 Å². The van der Waals surface area contributed by atoms with Gasteiger partial charge in [-0.3, -0.25) is 19.2 Å². The van der Waals surface area contributed by atoms with Crippen LogP contribution >= 0.6 is 0 Å². The third-order valence-corrected chi connectivity index (χ3v) is 7.93. The predicted molar refractivity (Wildman–Crippen MR) is 158 cm³/mol. The SMILES string of the molecule is CC(C)COC(=O)OC[C@@H](NC(=O)NC(C(=O)N1CCCC1C(=O)NC(CC1CCC1)C(=O)C(N)=O)C(C)(C)C)C(C)C. The quantitative estimate of drug-likeness (QED) is 0.171. The maximum Gasteiger partial charge on any atom is 0.508 e. The first-order valence-corrected chi connectivity index (χ1v) is 15.3. The number of urea groups is 1. The van der Waals surface area contributed by atoms with Gasteiger partial charge in [-0.05, 0) is 42.4 Å². The Labute approximate surface area is 254 Å². The fraction of sp³-hybridized carbons (Fsp3) is 0.800. The van der Waals surface area contributed by atoms with Gasteiger partial charge in [0.15, 0.2) is 0 Å². The molecule has 5 amide bonds. The second-order valence-corrected chi connectivity index (χ2v) is 13.5. The molecule has 5 N–H and O–H groups in total. The number of ether oxygens (including phenoxy) is 2. The molecule has 1 saturated carbocycles. The zero-order valence-corrected chi connectivity index (χ0v) is 26.7. The number of Topliss-reactive ketones (excluding diaryl/α,β-unsaturated/α-hetero) is 1. The molecule has 0 spiro atoms. The van der Waals surface area contributed by atoms with Gasteiger partial charge in [0, 0.05) is 6.54 Å². The number of hydrogen-bond acceptors (Lipinski definition) is 8. The highest BCUT2D eigenvalue weighted by Gasteiger charge is 2.43. The topological polar surface area (TPSA) is 186 Å². The van der Waals surface area contributed by atoms with Gasteiger partial charge in [0.1, 0.15) is 18.7 Å². The highest BCUT2D eigenvalue weighted by Crippen LogP contribution is 2.31. The van der Waals surface area contributed by atoms with Gasteiger partial charge < -0.3 is 36.1 Å². The van der Waals surface area contributed by atoms with E-state index in [2.05, 4.69) is 16.0 Å². The minimum absolute atomic E-state index is 0.102. The van der Waals surface area contributed by atoms with Gasteiger partial charge in [0.05, 0.1) is 18.7 Å². The number of likely N-dealkylation sites (tertiary alicyclic amines) is 1. The lowest BCUT2D eigenvalue weighted by atomic mass is 9.80. The van der Waals surface area contributed by atoms with Crippen LogP contribution in [-0.4, -0.2) is 84.5 Å². The summed E-state index contributed by atoms with van der Waals surface area (Å²) in [5, 5.41) is 8.23. The Hall–Kier alpha value is -3.38. The van der Waals surface area contributed by atoms with Crippen molar-refractivity contribution < 1.29 is 38.2 Å². The molecule has 1 heterocycles. The molecule has 13 heteroatoms. The largest absolute Gasteiger partial charge is 0.508 e. The molecule has 0 bridgehead atoms. The van der Waals surface area contributed by atoms with Crippen molar-refractivity contribution in [3.8, 4) is 0 Å². The highest BCUT2D eigenvalue weighted by molar-refractivity contribution is 6.37. The van der Waals surface area contributed by atoms with Crippen molar-refractivity contribution in [2.45, 2.75) is 111 Å². The molecule has 0 aromatic heterocycles. The van der Waals surface area contributed by atoms with Crippen LogP contribution in [0.25, 0.3) is 0 Å². The van der Waals surface area contributed by atoms with Gasteiger partial charge in [-0.1, -0.05) is 67.7 Å². The molecule has 4 atom stereocenters. The number of primary amides is 1. The van der Waals surface area contributed by atoms with Gasteiger partial charge in [-0.2, -0.15) is 0 Å². The van der Waals surface area contributed by atoms with Gasteiger partial charge in [-0.15, -0.1) is 0 Å². The normalized spacial score (nSPS) is 19.2. The number of hydrogen-bond donors (Lipinski definition) is 4. The zero-order chi connectivity index (χ0) is 32.5. The molecule has 0 aromatic carbocycles. The van der Waals surface area contributed by atoms with Crippen LogP contribution in [0.4, 0.5) is 9.59 Å². The molecule has 1 aliphatic heterocycles. The van der Waals surface area contributed by atoms with E-state index in [1.54, 1.807) is 20.8 Å². The Morgan fingerprint density at radius 2 is 1.51 bits per heavy atom. The maximum absolute atomic E-state index is 13.8. The second kappa shape index (κ2) is 15.9. The molecule has 1 saturated heterocycles. The molecule has 0 aromatic rings. The average Bonchev–Trinajstić information content (AvgIpc) is 3.38. The predicted octanol–water partition coefficient (Wildman–Crippen LogP) is 2.25. The third-order valence-electron chi connectivity index (χ3n) is 7.93. The summed E-state index contributed by atoms with van der Waals surface area (Å²) in [7, 11) is 0. The highest BCUT2D eigenvalue weighted by atomic mass is 16.7. The molecule has 1 aliphatic carbocycles. The molecule has 3 unspecified atom stereocenters. The van der Waals surface area contributed by atoms with E-state index in [1.165, 1.54) is 4.90 Å². The van der Waals surface area contributed by atoms with E-state index in [1.807, 2.05) is 27.7 Å². The standard InChI is InChI=1S/C30H51N5O8/c1-17(2)15-42-29(41)43-16-21(18(3)4)33-28(40)34-24(30(5,6)7)27(39)35-13-9-12-22(35)26(38)32-20(23(36)25(31)37)14-19-10-8-11-19/h17-22,24H,8-16H2,1-7H3,(H2,31,37)(H,32,38)(H2,33,34,40)/t20?,21-,22?,24?/m1/s1. The van der Waals surface area contributed by atoms with Gasteiger partial charge in [0.25, 0.3) is 5.91 Å². The van der Waals surface area contributed by atoms with Crippen molar-refractivity contribution >= 4 is 35.7 Å². The van der Waals surface area contributed by atoms with Crippen molar-refractivity contribution in [3.63, 3.8) is 0 Å². The van der Waals surface area contributed by atoms with Crippen molar-refractivity contribution in [3.05, 3.63) is 0 Å². The van der Waals surface area contributed by atoms with Crippen LogP contribution in [0.3, 0.4) is 0 Å². The monoisotopic (exact) mass is 609 g/mol. The third kappa shape index (κ3) is 11.0. The lowest BCUT2D eigenvalue weighted by molar-refractivity contribution is -0.143. The molecule has 244 valence electrons. The number of carbonyl (C=O) groups is 6. The summed E-state index contributed by atoms with van der Waals surface area (Å²) in [4.78, 5) is 77.7. The summed E-state index contributed by atoms with van der Waals surface area (Å²) < 4.78 is 10.2. The van der Waals surface area contributed by atoms with Crippen LogP contribution in [0.1, 0.15) is 87.0 Å². The number of nitrogens with two attached hydrogens (primary N) is 1. The molecular weight excluding hydrogens is 558 g/mol. The van der Waals surface area contributed by atoms with E-state index in [0.29, 0.717) is 25.8 Å². The number of amides is 5. The Morgan fingerprint density at radius 3 is 2.02 bits per heavy atom. The second-order valence-electron chi connectivity index (χ2n) is 13.5. The van der Waals surface area contributed by atoms with Crippen LogP contribution in [0.15, 0.2) is 0 Å². The molecule has 2 rings (SSSR count). The summed E-state index contributed by atoms with van der Waals surface area (Å²) in [5.74, 6) is -2.64. The average molecular weight is 610 g/mol. The van der Waals surface area contributed by atoms with Crippen molar-refractivity contribution in [1.82, 2.24) is 20.9 Å². The molecule has 43 heavy (non-hydrogen) atoms. The van der Waals surface area contributed by atoms with E-state index in [9.17, 15) is 28.8 Å². The number of nitrogens with zero attached hydrogens (tertiary/aromatic N) is 1. The van der Waals surface area contributed by atoms with Crippen molar-refractivity contribution in [1.29, 1.82) is 0 Å². The Kier molecular flexibility index (Phi) is 13.2. The lowest BCUT2D eigenvalue weighted by Gasteiger charge is -2.36. The first-order chi connectivity index (χ1) is 20.0. The van der Waals surface area contributed by atoms with Crippen LogP contribution in [0.2, 0.25) is 0 Å². The molecule has 13 nitrogen and oxygen atoms in total. The number of carbonyl (C=O) groups excluding carboxylic acids is 6. The van der Waals surface area contributed by atoms with Crippen molar-refractivity contribution in [2.75, 3.05) is 19.8 Å². The Bertz CT molecular complexity index is 1020. The van der Waals surface area contributed by atoms with Crippen molar-refractivity contribution in [2.24, 2.45) is 28.9 Å². The van der Waals surface area contributed by atoms with E-state index in [4.69, 9.17) is 15.2 Å². The summed E-state index contributed by atoms with van der Waals surface area (Å²) >= 11 is 0. The molecular formula is C30H51N5O8. The van der Waals surface area contributed by atoms with Gasteiger partial charge in [-0.25, -0.2) is 9.59 Å². The fourth-order valence-corrected chi connectivity index (χ4v) is 5.03. The van der Waals surface area contributed by atoms with Crippen LogP contribution < -0.4 is 21.7 Å². The maximum atomic E-state index is 13.8. The van der Waals surface area contributed by atoms with E-state index in [-0.39, 0.29) is 31.0 Å². The first kappa shape index (κ1) is 35.8. The number of nitrogens with one attached hydrogen (secondary N) is 3. The van der Waals surface area contributed by atoms with Crippen LogP contribution in [0, 0.1) is 23.2 Å². The van der Waals surface area contributed by atoms with Gasteiger partial charge >= 0.3 is 12.2 Å². The Morgan fingerprint density at radius 1 is 0.884 bits per heavy atom. The lowest BCUT2D eigenvalue weighted by Crippen LogP contribution is -2.61. The Balaban J connectivity index is 2.09. The van der Waals surface area contributed by atoms with Crippen LogP contribution in [-0.2, 0) is 28.7 Å². The summed E-state index contributed by atoms with van der Waals surface area (Å²) in [6.45, 7) is 13.3.